The molecule has 0 bridgehead atoms. The van der Waals surface area contributed by atoms with Gasteiger partial charge in [0.2, 0.25) is 0 Å². The van der Waals surface area contributed by atoms with Crippen LogP contribution < -0.4 is 16.4 Å². The second-order valence-corrected chi connectivity index (χ2v) is 3.73. The molecule has 7 heteroatoms. The Kier molecular flexibility index (Phi) is 3.98. The number of rotatable bonds is 1. The van der Waals surface area contributed by atoms with E-state index >= 15 is 0 Å². The fourth-order valence-electron chi connectivity index (χ4n) is 1.39. The van der Waals surface area contributed by atoms with Crippen molar-refractivity contribution in [3.63, 3.8) is 0 Å². The fraction of sp³-hybridized carbons (Fsp3) is 0.273. The van der Waals surface area contributed by atoms with E-state index < -0.39 is 6.03 Å². The number of urea groups is 1. The minimum atomic E-state index is -0.602. The highest BCUT2D eigenvalue weighted by Gasteiger charge is 2.14. The third kappa shape index (κ3) is 2.82. The summed E-state index contributed by atoms with van der Waals surface area (Å²) in [6.07, 6.45) is 0. The molecule has 98 valence electrons. The molecule has 0 spiro atoms. The first kappa shape index (κ1) is 13.6. The van der Waals surface area contributed by atoms with E-state index in [0.717, 1.165) is 0 Å². The van der Waals surface area contributed by atoms with Gasteiger partial charge in [0, 0.05) is 24.2 Å². The second-order valence-electron chi connectivity index (χ2n) is 3.73. The third-order valence-electron chi connectivity index (χ3n) is 2.51. The minimum Gasteiger partial charge on any atom is -0.507 e. The summed E-state index contributed by atoms with van der Waals surface area (Å²) in [6, 6.07) is 0.615. The summed E-state index contributed by atoms with van der Waals surface area (Å²) < 4.78 is 0. The van der Waals surface area contributed by atoms with Gasteiger partial charge < -0.3 is 21.3 Å². The summed E-state index contributed by atoms with van der Waals surface area (Å²) in [5, 5.41) is 23.9. The molecule has 1 aromatic rings. The Bertz CT molecular complexity index is 485. The standard InChI is InChI=1S/C11H16N4O3/c1-5-7(16)4-8(17)6(2)9(5)14-11(18)15-10(12)13-3/h4,16-17H,1-3H3,(H4,12,13,14,15,18). The third-order valence-corrected chi connectivity index (χ3v) is 2.51. The topological polar surface area (TPSA) is 120 Å². The summed E-state index contributed by atoms with van der Waals surface area (Å²) in [5.41, 5.74) is 6.57. The van der Waals surface area contributed by atoms with Crippen LogP contribution in [0.15, 0.2) is 11.1 Å². The number of hydrogen-bond acceptors (Lipinski definition) is 4. The summed E-state index contributed by atoms with van der Waals surface area (Å²) in [4.78, 5) is 15.1. The fourth-order valence-corrected chi connectivity index (χ4v) is 1.39. The first-order valence-electron chi connectivity index (χ1n) is 5.19. The molecule has 0 unspecified atom stereocenters. The zero-order valence-corrected chi connectivity index (χ0v) is 10.4. The number of anilines is 1. The molecule has 0 aliphatic carbocycles. The maximum atomic E-state index is 11.6. The van der Waals surface area contributed by atoms with Crippen molar-refractivity contribution < 1.29 is 15.0 Å². The van der Waals surface area contributed by atoms with Crippen molar-refractivity contribution in [3.05, 3.63) is 17.2 Å². The van der Waals surface area contributed by atoms with Crippen molar-refractivity contribution in [1.82, 2.24) is 5.32 Å². The molecule has 0 aliphatic rings. The van der Waals surface area contributed by atoms with Gasteiger partial charge in [-0.3, -0.25) is 10.3 Å². The van der Waals surface area contributed by atoms with E-state index in [-0.39, 0.29) is 17.5 Å². The van der Waals surface area contributed by atoms with Crippen molar-refractivity contribution in [3.8, 4) is 11.5 Å². The number of carbonyl (C=O) groups is 1. The van der Waals surface area contributed by atoms with Crippen molar-refractivity contribution in [2.24, 2.45) is 10.7 Å². The Morgan fingerprint density at radius 2 is 1.78 bits per heavy atom. The highest BCUT2D eigenvalue weighted by molar-refractivity contribution is 6.02. The van der Waals surface area contributed by atoms with Crippen molar-refractivity contribution in [1.29, 1.82) is 0 Å². The highest BCUT2D eigenvalue weighted by Crippen LogP contribution is 2.34. The predicted molar refractivity (Wildman–Crippen MR) is 68.9 cm³/mol. The lowest BCUT2D eigenvalue weighted by Gasteiger charge is -2.14. The highest BCUT2D eigenvalue weighted by atomic mass is 16.3. The van der Waals surface area contributed by atoms with Gasteiger partial charge in [-0.15, -0.1) is 0 Å². The molecule has 1 aromatic carbocycles. The molecule has 1 rings (SSSR count). The molecule has 0 saturated carbocycles. The van der Waals surface area contributed by atoms with E-state index in [2.05, 4.69) is 15.6 Å². The molecule has 7 nitrogen and oxygen atoms in total. The summed E-state index contributed by atoms with van der Waals surface area (Å²) >= 11 is 0. The quantitative estimate of drug-likeness (QED) is 0.374. The number of nitrogens with two attached hydrogens (primary N) is 1. The molecule has 0 aromatic heterocycles. The number of hydrogen-bond donors (Lipinski definition) is 5. The van der Waals surface area contributed by atoms with Crippen LogP contribution in [0.3, 0.4) is 0 Å². The lowest BCUT2D eigenvalue weighted by molar-refractivity contribution is 0.256. The maximum Gasteiger partial charge on any atom is 0.326 e. The van der Waals surface area contributed by atoms with Gasteiger partial charge >= 0.3 is 6.03 Å². The van der Waals surface area contributed by atoms with Gasteiger partial charge in [-0.2, -0.15) is 0 Å². The molecule has 0 aliphatic heterocycles. The lowest BCUT2D eigenvalue weighted by atomic mass is 10.1. The van der Waals surface area contributed by atoms with Gasteiger partial charge in [0.25, 0.3) is 0 Å². The number of aromatic hydroxyl groups is 2. The summed E-state index contributed by atoms with van der Waals surface area (Å²) in [7, 11) is 1.44. The first-order valence-corrected chi connectivity index (χ1v) is 5.19. The molecule has 0 atom stereocenters. The summed E-state index contributed by atoms with van der Waals surface area (Å²) in [5.74, 6) is -0.247. The van der Waals surface area contributed by atoms with E-state index in [1.807, 2.05) is 0 Å². The smallest absolute Gasteiger partial charge is 0.326 e. The Balaban J connectivity index is 3.01. The summed E-state index contributed by atoms with van der Waals surface area (Å²) in [6.45, 7) is 3.24. The van der Waals surface area contributed by atoms with Gasteiger partial charge in [-0.25, -0.2) is 4.79 Å². The number of phenols is 2. The SMILES string of the molecule is CN=C(N)NC(=O)Nc1c(C)c(O)cc(O)c1C. The molecule has 2 amide bonds. The Labute approximate surface area is 104 Å². The van der Waals surface area contributed by atoms with E-state index in [0.29, 0.717) is 16.8 Å². The molecular formula is C11H16N4O3. The van der Waals surface area contributed by atoms with Crippen LogP contribution in [0.25, 0.3) is 0 Å². The number of phenolic OH excluding ortho intramolecular Hbond substituents is 2. The monoisotopic (exact) mass is 252 g/mol. The van der Waals surface area contributed by atoms with Gasteiger partial charge in [0.1, 0.15) is 11.5 Å². The molecule has 0 saturated heterocycles. The number of amides is 2. The Hall–Kier alpha value is -2.44. The maximum absolute atomic E-state index is 11.6. The zero-order valence-electron chi connectivity index (χ0n) is 10.4. The minimum absolute atomic E-state index is 0.0350. The number of benzene rings is 1. The zero-order chi connectivity index (χ0) is 13.9. The van der Waals surface area contributed by atoms with Crippen LogP contribution in [-0.4, -0.2) is 29.3 Å². The number of carbonyl (C=O) groups excluding carboxylic acids is 1. The number of nitrogens with one attached hydrogen (secondary N) is 2. The number of aliphatic imine (C=N–C) groups is 1. The largest absolute Gasteiger partial charge is 0.507 e. The second kappa shape index (κ2) is 5.26. The number of guanidine groups is 1. The molecule has 18 heavy (non-hydrogen) atoms. The Morgan fingerprint density at radius 3 is 2.22 bits per heavy atom. The van der Waals surface area contributed by atoms with E-state index in [4.69, 9.17) is 5.73 Å². The lowest BCUT2D eigenvalue weighted by Crippen LogP contribution is -2.39. The normalized spacial score (nSPS) is 11.2. The predicted octanol–water partition coefficient (Wildman–Crippen LogP) is 0.781. The molecule has 0 heterocycles. The molecule has 6 N–H and O–H groups in total. The van der Waals surface area contributed by atoms with Crippen LogP contribution in [0.1, 0.15) is 11.1 Å². The van der Waals surface area contributed by atoms with E-state index in [1.165, 1.54) is 13.1 Å². The molecule has 0 fully saturated rings. The molecular weight excluding hydrogens is 236 g/mol. The first-order chi connectivity index (χ1) is 8.36. The van der Waals surface area contributed by atoms with E-state index in [9.17, 15) is 15.0 Å². The van der Waals surface area contributed by atoms with Gasteiger partial charge in [0.05, 0.1) is 5.69 Å². The number of nitrogens with zero attached hydrogens (tertiary/aromatic N) is 1. The van der Waals surface area contributed by atoms with Gasteiger partial charge in [-0.05, 0) is 13.8 Å². The average molecular weight is 252 g/mol. The van der Waals surface area contributed by atoms with Crippen LogP contribution in [-0.2, 0) is 0 Å². The van der Waals surface area contributed by atoms with Gasteiger partial charge in [-0.1, -0.05) is 0 Å². The Morgan fingerprint density at radius 1 is 1.28 bits per heavy atom. The van der Waals surface area contributed by atoms with Crippen molar-refractivity contribution in [2.75, 3.05) is 12.4 Å². The van der Waals surface area contributed by atoms with Crippen LogP contribution >= 0.6 is 0 Å². The van der Waals surface area contributed by atoms with E-state index in [1.54, 1.807) is 13.8 Å². The van der Waals surface area contributed by atoms with Crippen molar-refractivity contribution >= 4 is 17.7 Å². The van der Waals surface area contributed by atoms with Crippen LogP contribution in [0.4, 0.5) is 10.5 Å². The van der Waals surface area contributed by atoms with Crippen molar-refractivity contribution in [2.45, 2.75) is 13.8 Å². The molecule has 0 radical (unpaired) electrons. The van der Waals surface area contributed by atoms with Crippen LogP contribution in [0.2, 0.25) is 0 Å². The van der Waals surface area contributed by atoms with Crippen LogP contribution in [0, 0.1) is 13.8 Å². The van der Waals surface area contributed by atoms with Crippen LogP contribution in [0.5, 0.6) is 11.5 Å². The van der Waals surface area contributed by atoms with Gasteiger partial charge in [0.15, 0.2) is 5.96 Å². The average Bonchev–Trinajstić information content (AvgIpc) is 2.32.